The molecular formula is C15H24N2O2. The van der Waals surface area contributed by atoms with Crippen LogP contribution >= 0.6 is 0 Å². The van der Waals surface area contributed by atoms with Gasteiger partial charge in [0.25, 0.3) is 0 Å². The van der Waals surface area contributed by atoms with E-state index in [9.17, 15) is 0 Å². The topological polar surface area (TPSA) is 43.4 Å². The van der Waals surface area contributed by atoms with Crippen LogP contribution in [0.5, 0.6) is 5.88 Å². The summed E-state index contributed by atoms with van der Waals surface area (Å²) in [4.78, 5) is 4.27. The SMILES string of the molecule is CCOc1ccc(NC2CC(OCC)C2(C)C)cn1. The van der Waals surface area contributed by atoms with Crippen LogP contribution in [-0.2, 0) is 4.74 Å². The summed E-state index contributed by atoms with van der Waals surface area (Å²) in [6.07, 6.45) is 3.23. The van der Waals surface area contributed by atoms with E-state index in [-0.39, 0.29) is 5.41 Å². The second-order valence-corrected chi connectivity index (χ2v) is 5.52. The third-order valence-corrected chi connectivity index (χ3v) is 3.92. The number of hydrogen-bond acceptors (Lipinski definition) is 4. The Bertz CT molecular complexity index is 403. The molecule has 106 valence electrons. The molecule has 1 fully saturated rings. The Kier molecular flexibility index (Phi) is 4.30. The predicted octanol–water partition coefficient (Wildman–Crippen LogP) is 3.10. The highest BCUT2D eigenvalue weighted by Gasteiger charge is 2.48. The summed E-state index contributed by atoms with van der Waals surface area (Å²) >= 11 is 0. The maximum atomic E-state index is 5.74. The molecule has 0 bridgehead atoms. The molecule has 2 atom stereocenters. The molecule has 0 radical (unpaired) electrons. The standard InChI is InChI=1S/C15H24N2O2/c1-5-18-13-9-12(15(13,3)4)17-11-7-8-14(16-10-11)19-6-2/h7-8,10,12-13,17H,5-6,9H2,1-4H3. The molecule has 0 amide bonds. The van der Waals surface area contributed by atoms with Gasteiger partial charge in [0.15, 0.2) is 0 Å². The molecule has 1 aromatic rings. The summed E-state index contributed by atoms with van der Waals surface area (Å²) in [5.41, 5.74) is 1.20. The summed E-state index contributed by atoms with van der Waals surface area (Å²) in [7, 11) is 0. The number of nitrogens with one attached hydrogen (secondary N) is 1. The Balaban J connectivity index is 1.92. The lowest BCUT2D eigenvalue weighted by Crippen LogP contribution is -2.58. The maximum absolute atomic E-state index is 5.74. The third-order valence-electron chi connectivity index (χ3n) is 3.92. The molecule has 1 aliphatic rings. The summed E-state index contributed by atoms with van der Waals surface area (Å²) in [5.74, 6) is 0.674. The highest BCUT2D eigenvalue weighted by molar-refractivity contribution is 5.44. The van der Waals surface area contributed by atoms with Gasteiger partial charge < -0.3 is 14.8 Å². The Morgan fingerprint density at radius 3 is 2.63 bits per heavy atom. The predicted molar refractivity (Wildman–Crippen MR) is 76.6 cm³/mol. The van der Waals surface area contributed by atoms with E-state index in [4.69, 9.17) is 9.47 Å². The Morgan fingerprint density at radius 2 is 2.11 bits per heavy atom. The minimum Gasteiger partial charge on any atom is -0.478 e. The van der Waals surface area contributed by atoms with Crippen molar-refractivity contribution in [2.24, 2.45) is 5.41 Å². The largest absolute Gasteiger partial charge is 0.478 e. The minimum atomic E-state index is 0.161. The van der Waals surface area contributed by atoms with Gasteiger partial charge in [0.1, 0.15) is 0 Å². The van der Waals surface area contributed by atoms with Crippen LogP contribution in [0.2, 0.25) is 0 Å². The van der Waals surface area contributed by atoms with Crippen LogP contribution in [0.3, 0.4) is 0 Å². The number of nitrogens with zero attached hydrogens (tertiary/aromatic N) is 1. The van der Waals surface area contributed by atoms with Crippen molar-refractivity contribution < 1.29 is 9.47 Å². The van der Waals surface area contributed by atoms with Crippen LogP contribution in [0.4, 0.5) is 5.69 Å². The molecule has 1 aromatic heterocycles. The van der Waals surface area contributed by atoms with Crippen molar-refractivity contribution in [3.63, 3.8) is 0 Å². The summed E-state index contributed by atoms with van der Waals surface area (Å²) in [5, 5.41) is 3.53. The first-order chi connectivity index (χ1) is 9.07. The number of aromatic nitrogens is 1. The van der Waals surface area contributed by atoms with Gasteiger partial charge in [-0.2, -0.15) is 0 Å². The van der Waals surface area contributed by atoms with Crippen LogP contribution < -0.4 is 10.1 Å². The van der Waals surface area contributed by atoms with Crippen LogP contribution in [0.15, 0.2) is 18.3 Å². The summed E-state index contributed by atoms with van der Waals surface area (Å²) < 4.78 is 11.1. The second kappa shape index (κ2) is 5.78. The number of rotatable bonds is 6. The lowest BCUT2D eigenvalue weighted by Gasteiger charge is -2.52. The first-order valence-electron chi connectivity index (χ1n) is 7.05. The molecule has 0 spiro atoms. The molecule has 2 rings (SSSR count). The number of pyridine rings is 1. The fourth-order valence-corrected chi connectivity index (χ4v) is 2.51. The summed E-state index contributed by atoms with van der Waals surface area (Å²) in [6.45, 7) is 9.93. The number of hydrogen-bond donors (Lipinski definition) is 1. The molecule has 19 heavy (non-hydrogen) atoms. The van der Waals surface area contributed by atoms with E-state index < -0.39 is 0 Å². The van der Waals surface area contributed by atoms with Gasteiger partial charge in [0, 0.05) is 24.1 Å². The van der Waals surface area contributed by atoms with Gasteiger partial charge in [0.05, 0.1) is 24.6 Å². The maximum Gasteiger partial charge on any atom is 0.213 e. The van der Waals surface area contributed by atoms with E-state index in [2.05, 4.69) is 24.1 Å². The zero-order chi connectivity index (χ0) is 13.9. The third kappa shape index (κ3) is 3.00. The van der Waals surface area contributed by atoms with Gasteiger partial charge in [-0.1, -0.05) is 13.8 Å². The molecule has 2 unspecified atom stereocenters. The van der Waals surface area contributed by atoms with Crippen LogP contribution in [0, 0.1) is 5.41 Å². The fraction of sp³-hybridized carbons (Fsp3) is 0.667. The van der Waals surface area contributed by atoms with Crippen molar-refractivity contribution >= 4 is 5.69 Å². The minimum absolute atomic E-state index is 0.161. The van der Waals surface area contributed by atoms with Crippen molar-refractivity contribution in [2.45, 2.75) is 46.3 Å². The van der Waals surface area contributed by atoms with Crippen molar-refractivity contribution in [2.75, 3.05) is 18.5 Å². The van der Waals surface area contributed by atoms with E-state index in [1.54, 1.807) is 0 Å². The van der Waals surface area contributed by atoms with E-state index in [0.29, 0.717) is 24.6 Å². The van der Waals surface area contributed by atoms with Crippen molar-refractivity contribution in [3.8, 4) is 5.88 Å². The molecule has 0 aliphatic heterocycles. The molecule has 1 aliphatic carbocycles. The highest BCUT2D eigenvalue weighted by atomic mass is 16.5. The monoisotopic (exact) mass is 264 g/mol. The first kappa shape index (κ1) is 14.1. The second-order valence-electron chi connectivity index (χ2n) is 5.52. The zero-order valence-electron chi connectivity index (χ0n) is 12.3. The van der Waals surface area contributed by atoms with Crippen molar-refractivity contribution in [1.29, 1.82) is 0 Å². The normalized spacial score (nSPS) is 24.6. The average molecular weight is 264 g/mol. The average Bonchev–Trinajstić information content (AvgIpc) is 2.40. The van der Waals surface area contributed by atoms with Crippen LogP contribution in [0.1, 0.15) is 34.1 Å². The molecule has 4 nitrogen and oxygen atoms in total. The fourth-order valence-electron chi connectivity index (χ4n) is 2.51. The lowest BCUT2D eigenvalue weighted by atomic mass is 9.64. The lowest BCUT2D eigenvalue weighted by molar-refractivity contribution is -0.0976. The molecule has 1 saturated carbocycles. The van der Waals surface area contributed by atoms with E-state index in [1.807, 2.05) is 32.2 Å². The smallest absolute Gasteiger partial charge is 0.213 e. The molecular weight excluding hydrogens is 240 g/mol. The van der Waals surface area contributed by atoms with E-state index >= 15 is 0 Å². The van der Waals surface area contributed by atoms with Gasteiger partial charge in [-0.05, 0) is 26.3 Å². The van der Waals surface area contributed by atoms with Crippen molar-refractivity contribution in [3.05, 3.63) is 18.3 Å². The van der Waals surface area contributed by atoms with Crippen LogP contribution in [0.25, 0.3) is 0 Å². The molecule has 1 N–H and O–H groups in total. The van der Waals surface area contributed by atoms with Gasteiger partial charge in [-0.3, -0.25) is 0 Å². The Hall–Kier alpha value is -1.29. The van der Waals surface area contributed by atoms with Gasteiger partial charge in [-0.25, -0.2) is 4.98 Å². The summed E-state index contributed by atoms with van der Waals surface area (Å²) in [6, 6.07) is 4.35. The molecule has 1 heterocycles. The number of anilines is 1. The molecule has 4 heteroatoms. The van der Waals surface area contributed by atoms with Crippen molar-refractivity contribution in [1.82, 2.24) is 4.98 Å². The van der Waals surface area contributed by atoms with Gasteiger partial charge in [0.2, 0.25) is 5.88 Å². The molecule has 0 aromatic carbocycles. The van der Waals surface area contributed by atoms with E-state index in [0.717, 1.165) is 18.7 Å². The highest BCUT2D eigenvalue weighted by Crippen LogP contribution is 2.44. The van der Waals surface area contributed by atoms with E-state index in [1.165, 1.54) is 0 Å². The number of ether oxygens (including phenoxy) is 2. The molecule has 0 saturated heterocycles. The Labute approximate surface area is 115 Å². The van der Waals surface area contributed by atoms with Gasteiger partial charge in [-0.15, -0.1) is 0 Å². The quantitative estimate of drug-likeness (QED) is 0.857. The van der Waals surface area contributed by atoms with Gasteiger partial charge >= 0.3 is 0 Å². The Morgan fingerprint density at radius 1 is 1.32 bits per heavy atom. The zero-order valence-corrected chi connectivity index (χ0v) is 12.3. The van der Waals surface area contributed by atoms with Crippen LogP contribution in [-0.4, -0.2) is 30.3 Å². The first-order valence-corrected chi connectivity index (χ1v) is 7.05.